The van der Waals surface area contributed by atoms with E-state index in [0.29, 0.717) is 23.0 Å². The topological polar surface area (TPSA) is 61.7 Å². The van der Waals surface area contributed by atoms with Gasteiger partial charge in [-0.3, -0.25) is 9.79 Å². The SMILES string of the molecule is O=C1NC(=NCCCO)S/C1=C\c1ccc(F)cc1. The molecule has 1 fully saturated rings. The van der Waals surface area contributed by atoms with Crippen LogP contribution in [0.3, 0.4) is 0 Å². The fourth-order valence-electron chi connectivity index (χ4n) is 1.46. The minimum atomic E-state index is -0.308. The molecule has 1 aliphatic rings. The van der Waals surface area contributed by atoms with Gasteiger partial charge in [0.05, 0.1) is 4.91 Å². The van der Waals surface area contributed by atoms with Crippen LogP contribution in [0.5, 0.6) is 0 Å². The molecule has 4 nitrogen and oxygen atoms in total. The average Bonchev–Trinajstić information content (AvgIpc) is 2.73. The molecular formula is C13H13FN2O2S. The second-order valence-corrected chi connectivity index (χ2v) is 4.91. The molecule has 2 N–H and O–H groups in total. The van der Waals surface area contributed by atoms with E-state index in [4.69, 9.17) is 5.11 Å². The number of thioether (sulfide) groups is 1. The van der Waals surface area contributed by atoms with E-state index in [0.717, 1.165) is 5.56 Å². The van der Waals surface area contributed by atoms with Gasteiger partial charge >= 0.3 is 0 Å². The van der Waals surface area contributed by atoms with E-state index in [1.807, 2.05) is 0 Å². The summed E-state index contributed by atoms with van der Waals surface area (Å²) in [5.74, 6) is -0.519. The number of carbonyl (C=O) groups is 1. The number of amidine groups is 1. The van der Waals surface area contributed by atoms with Gasteiger partial charge in [0.2, 0.25) is 0 Å². The lowest BCUT2D eigenvalue weighted by molar-refractivity contribution is -0.115. The van der Waals surface area contributed by atoms with Gasteiger partial charge in [0.15, 0.2) is 5.17 Å². The molecule has 100 valence electrons. The number of halogens is 1. The van der Waals surface area contributed by atoms with Crippen molar-refractivity contribution in [2.75, 3.05) is 13.2 Å². The maximum Gasteiger partial charge on any atom is 0.264 e. The van der Waals surface area contributed by atoms with Crippen LogP contribution in [0, 0.1) is 5.82 Å². The Balaban J connectivity index is 2.07. The molecular weight excluding hydrogens is 267 g/mol. The van der Waals surface area contributed by atoms with E-state index in [2.05, 4.69) is 10.3 Å². The lowest BCUT2D eigenvalue weighted by Crippen LogP contribution is -2.20. The highest BCUT2D eigenvalue weighted by atomic mass is 32.2. The fraction of sp³-hybridized carbons (Fsp3) is 0.231. The van der Waals surface area contributed by atoms with Gasteiger partial charge in [0, 0.05) is 13.2 Å². The molecule has 1 aromatic carbocycles. The molecule has 2 rings (SSSR count). The molecule has 0 saturated carbocycles. The van der Waals surface area contributed by atoms with Crippen LogP contribution in [0.25, 0.3) is 6.08 Å². The summed E-state index contributed by atoms with van der Waals surface area (Å²) in [7, 11) is 0. The Bertz CT molecular complexity index is 526. The largest absolute Gasteiger partial charge is 0.396 e. The number of nitrogens with one attached hydrogen (secondary N) is 1. The van der Waals surface area contributed by atoms with Crippen LogP contribution < -0.4 is 5.32 Å². The maximum atomic E-state index is 12.8. The molecule has 1 saturated heterocycles. The van der Waals surface area contributed by atoms with E-state index in [1.54, 1.807) is 18.2 Å². The third-order valence-electron chi connectivity index (χ3n) is 2.39. The van der Waals surface area contributed by atoms with Crippen LogP contribution in [0.4, 0.5) is 4.39 Å². The van der Waals surface area contributed by atoms with E-state index < -0.39 is 0 Å². The van der Waals surface area contributed by atoms with E-state index in [1.165, 1.54) is 23.9 Å². The Hall–Kier alpha value is -1.66. The zero-order valence-corrected chi connectivity index (χ0v) is 10.9. The summed E-state index contributed by atoms with van der Waals surface area (Å²) in [5.41, 5.74) is 0.760. The van der Waals surface area contributed by atoms with Crippen molar-refractivity contribution in [1.82, 2.24) is 5.32 Å². The average molecular weight is 280 g/mol. The first-order valence-electron chi connectivity index (χ1n) is 5.81. The number of aliphatic imine (C=N–C) groups is 1. The number of aliphatic hydroxyl groups is 1. The summed E-state index contributed by atoms with van der Waals surface area (Å²) in [6.45, 7) is 0.552. The number of rotatable bonds is 4. The number of carbonyl (C=O) groups excluding carboxylic acids is 1. The minimum Gasteiger partial charge on any atom is -0.396 e. The summed E-state index contributed by atoms with van der Waals surface area (Å²) in [5, 5.41) is 11.8. The number of nitrogens with zero attached hydrogens (tertiary/aromatic N) is 1. The van der Waals surface area contributed by atoms with Crippen molar-refractivity contribution in [2.24, 2.45) is 4.99 Å². The Morgan fingerprint density at radius 2 is 2.11 bits per heavy atom. The molecule has 0 bridgehead atoms. The zero-order chi connectivity index (χ0) is 13.7. The molecule has 1 heterocycles. The van der Waals surface area contributed by atoms with Crippen LogP contribution >= 0.6 is 11.8 Å². The Kier molecular flexibility index (Phi) is 4.70. The summed E-state index contributed by atoms with van der Waals surface area (Å²) >= 11 is 1.24. The van der Waals surface area contributed by atoms with Crippen LogP contribution in [0.15, 0.2) is 34.2 Å². The van der Waals surface area contributed by atoms with Crippen LogP contribution in [0.2, 0.25) is 0 Å². The zero-order valence-electron chi connectivity index (χ0n) is 10.1. The van der Waals surface area contributed by atoms with Crippen molar-refractivity contribution in [3.8, 4) is 0 Å². The summed E-state index contributed by atoms with van der Waals surface area (Å²) < 4.78 is 12.8. The fourth-order valence-corrected chi connectivity index (χ4v) is 2.31. The lowest BCUT2D eigenvalue weighted by atomic mass is 10.2. The molecule has 0 aromatic heterocycles. The summed E-state index contributed by atoms with van der Waals surface area (Å²) in [6.07, 6.45) is 2.25. The monoisotopic (exact) mass is 280 g/mol. The third kappa shape index (κ3) is 3.90. The molecule has 6 heteroatoms. The predicted octanol–water partition coefficient (Wildman–Crippen LogP) is 1.77. The van der Waals surface area contributed by atoms with Gasteiger partial charge in [0.25, 0.3) is 5.91 Å². The highest BCUT2D eigenvalue weighted by Gasteiger charge is 2.23. The maximum absolute atomic E-state index is 12.8. The van der Waals surface area contributed by atoms with Gasteiger partial charge in [0.1, 0.15) is 5.82 Å². The van der Waals surface area contributed by atoms with Gasteiger partial charge in [-0.1, -0.05) is 12.1 Å². The highest BCUT2D eigenvalue weighted by Crippen LogP contribution is 2.25. The van der Waals surface area contributed by atoms with E-state index in [-0.39, 0.29) is 18.3 Å². The molecule has 0 atom stereocenters. The van der Waals surface area contributed by atoms with Crippen molar-refractivity contribution in [1.29, 1.82) is 0 Å². The second-order valence-electron chi connectivity index (χ2n) is 3.88. The first-order valence-corrected chi connectivity index (χ1v) is 6.62. The minimum absolute atomic E-state index is 0.0771. The van der Waals surface area contributed by atoms with Crippen molar-refractivity contribution in [3.05, 3.63) is 40.6 Å². The van der Waals surface area contributed by atoms with Gasteiger partial charge in [-0.15, -0.1) is 0 Å². The molecule has 1 aliphatic heterocycles. The number of hydrogen-bond donors (Lipinski definition) is 2. The number of benzene rings is 1. The Labute approximate surface area is 114 Å². The van der Waals surface area contributed by atoms with Crippen LogP contribution in [-0.4, -0.2) is 29.3 Å². The van der Waals surface area contributed by atoms with Crippen molar-refractivity contribution in [2.45, 2.75) is 6.42 Å². The Morgan fingerprint density at radius 1 is 1.37 bits per heavy atom. The normalized spacial score (nSPS) is 19.2. The quantitative estimate of drug-likeness (QED) is 0.652. The summed E-state index contributed by atoms with van der Waals surface area (Å²) in [6, 6.07) is 5.91. The van der Waals surface area contributed by atoms with Crippen molar-refractivity contribution < 1.29 is 14.3 Å². The van der Waals surface area contributed by atoms with E-state index >= 15 is 0 Å². The van der Waals surface area contributed by atoms with Gasteiger partial charge < -0.3 is 10.4 Å². The van der Waals surface area contributed by atoms with E-state index in [9.17, 15) is 9.18 Å². The summed E-state index contributed by atoms with van der Waals surface area (Å²) in [4.78, 5) is 16.4. The number of amides is 1. The molecule has 19 heavy (non-hydrogen) atoms. The Morgan fingerprint density at radius 3 is 2.79 bits per heavy atom. The molecule has 0 aliphatic carbocycles. The molecule has 0 radical (unpaired) electrons. The van der Waals surface area contributed by atoms with Crippen LogP contribution in [-0.2, 0) is 4.79 Å². The predicted molar refractivity (Wildman–Crippen MR) is 74.1 cm³/mol. The lowest BCUT2D eigenvalue weighted by Gasteiger charge is -1.94. The second kappa shape index (κ2) is 6.49. The van der Waals surface area contributed by atoms with Gasteiger partial charge in [-0.2, -0.15) is 0 Å². The van der Waals surface area contributed by atoms with Crippen molar-refractivity contribution in [3.63, 3.8) is 0 Å². The standard InChI is InChI=1S/C13H13FN2O2S/c14-10-4-2-9(3-5-10)8-11-12(18)16-13(19-11)15-6-1-7-17/h2-5,8,17H,1,6-7H2,(H,15,16,18)/b11-8-. The molecule has 0 spiro atoms. The highest BCUT2D eigenvalue weighted by molar-refractivity contribution is 8.18. The first kappa shape index (κ1) is 13.8. The third-order valence-corrected chi connectivity index (χ3v) is 3.34. The van der Waals surface area contributed by atoms with Crippen LogP contribution in [0.1, 0.15) is 12.0 Å². The first-order chi connectivity index (χ1) is 9.19. The van der Waals surface area contributed by atoms with Gasteiger partial charge in [-0.05, 0) is 42.0 Å². The molecule has 0 unspecified atom stereocenters. The number of hydrogen-bond acceptors (Lipinski definition) is 4. The number of aliphatic hydroxyl groups excluding tert-OH is 1. The smallest absolute Gasteiger partial charge is 0.264 e. The van der Waals surface area contributed by atoms with Crippen molar-refractivity contribution >= 4 is 28.9 Å². The van der Waals surface area contributed by atoms with Gasteiger partial charge in [-0.25, -0.2) is 4.39 Å². The molecule has 1 aromatic rings. The molecule has 1 amide bonds.